The number of nitrogens with two attached hydrogens (primary N) is 1. The Bertz CT molecular complexity index is 779. The molecule has 0 fully saturated rings. The van der Waals surface area contributed by atoms with Gasteiger partial charge in [-0.3, -0.25) is 4.79 Å². The van der Waals surface area contributed by atoms with E-state index >= 15 is 0 Å². The van der Waals surface area contributed by atoms with E-state index in [1.807, 2.05) is 17.7 Å². The van der Waals surface area contributed by atoms with Crippen LogP contribution in [0.5, 0.6) is 0 Å². The molecule has 1 aromatic heterocycles. The number of carbonyl (C=O) groups excluding carboxylic acids is 1. The number of aromatic nitrogens is 1. The molecule has 0 saturated carbocycles. The second-order valence-electron chi connectivity index (χ2n) is 4.66. The fourth-order valence-electron chi connectivity index (χ4n) is 2.04. The Morgan fingerprint density at radius 1 is 1.33 bits per heavy atom. The van der Waals surface area contributed by atoms with Crippen LogP contribution in [-0.4, -0.2) is 18.9 Å². The summed E-state index contributed by atoms with van der Waals surface area (Å²) in [7, 11) is -3.74. The van der Waals surface area contributed by atoms with Crippen molar-refractivity contribution >= 4 is 21.6 Å². The van der Waals surface area contributed by atoms with Gasteiger partial charge in [-0.25, -0.2) is 13.6 Å². The van der Waals surface area contributed by atoms with Gasteiger partial charge in [-0.1, -0.05) is 0 Å². The van der Waals surface area contributed by atoms with Gasteiger partial charge in [0.1, 0.15) is 5.69 Å². The Balaban J connectivity index is 2.26. The second-order valence-corrected chi connectivity index (χ2v) is 6.22. The van der Waals surface area contributed by atoms with E-state index in [2.05, 4.69) is 5.32 Å². The lowest BCUT2D eigenvalue weighted by molar-refractivity contribution is 0.101. The zero-order chi connectivity index (χ0) is 15.6. The molecule has 1 amide bonds. The molecule has 0 bridgehead atoms. The fourth-order valence-corrected chi connectivity index (χ4v) is 2.63. The number of hydrogen-bond acceptors (Lipinski definition) is 3. The van der Waals surface area contributed by atoms with Crippen molar-refractivity contribution in [3.05, 3.63) is 47.8 Å². The van der Waals surface area contributed by atoms with E-state index in [9.17, 15) is 13.2 Å². The highest BCUT2D eigenvalue weighted by Crippen LogP contribution is 2.19. The smallest absolute Gasteiger partial charge is 0.272 e. The van der Waals surface area contributed by atoms with Crippen molar-refractivity contribution in [1.82, 2.24) is 4.57 Å². The van der Waals surface area contributed by atoms with Gasteiger partial charge in [-0.2, -0.15) is 0 Å². The maximum Gasteiger partial charge on any atom is 0.272 e. The van der Waals surface area contributed by atoms with Crippen LogP contribution < -0.4 is 10.5 Å². The Hall–Kier alpha value is -2.12. The lowest BCUT2D eigenvalue weighted by Crippen LogP contribution is -2.17. The molecule has 1 aromatic carbocycles. The van der Waals surface area contributed by atoms with Crippen molar-refractivity contribution < 1.29 is 13.2 Å². The van der Waals surface area contributed by atoms with Gasteiger partial charge in [0, 0.05) is 18.4 Å². The summed E-state index contributed by atoms with van der Waals surface area (Å²) in [6, 6.07) is 7.87. The molecule has 0 unspecified atom stereocenters. The molecule has 1 heterocycles. The van der Waals surface area contributed by atoms with Crippen molar-refractivity contribution in [1.29, 1.82) is 0 Å². The van der Waals surface area contributed by atoms with Gasteiger partial charge < -0.3 is 9.88 Å². The largest absolute Gasteiger partial charge is 0.344 e. The number of nitrogens with zero attached hydrogens (tertiary/aromatic N) is 1. The summed E-state index contributed by atoms with van der Waals surface area (Å²) in [5, 5.41) is 7.84. The third-order valence-electron chi connectivity index (χ3n) is 3.18. The number of benzene rings is 1. The average molecular weight is 307 g/mol. The van der Waals surface area contributed by atoms with E-state index in [0.717, 1.165) is 0 Å². The normalized spacial score (nSPS) is 11.4. The quantitative estimate of drug-likeness (QED) is 0.900. The molecule has 0 aliphatic heterocycles. The molecule has 7 heteroatoms. The van der Waals surface area contributed by atoms with E-state index in [0.29, 0.717) is 23.5 Å². The van der Waals surface area contributed by atoms with Crippen molar-refractivity contribution in [3.63, 3.8) is 0 Å². The van der Waals surface area contributed by atoms with E-state index < -0.39 is 10.0 Å². The van der Waals surface area contributed by atoms with Crippen LogP contribution in [0.3, 0.4) is 0 Å². The maximum atomic E-state index is 12.2. The van der Waals surface area contributed by atoms with Crippen molar-refractivity contribution in [2.45, 2.75) is 25.3 Å². The number of hydrogen-bond donors (Lipinski definition) is 2. The first-order valence-corrected chi connectivity index (χ1v) is 7.97. The van der Waals surface area contributed by atoms with Crippen LogP contribution in [0.15, 0.2) is 41.4 Å². The Morgan fingerprint density at radius 3 is 2.62 bits per heavy atom. The van der Waals surface area contributed by atoms with Crippen LogP contribution in [-0.2, 0) is 16.6 Å². The molecule has 0 radical (unpaired) electrons. The number of primary sulfonamides is 1. The number of sulfonamides is 1. The van der Waals surface area contributed by atoms with Gasteiger partial charge in [0.2, 0.25) is 10.0 Å². The highest BCUT2D eigenvalue weighted by molar-refractivity contribution is 7.89. The fraction of sp³-hybridized carbons (Fsp3) is 0.214. The second kappa shape index (κ2) is 5.71. The number of anilines is 1. The van der Waals surface area contributed by atoms with E-state index in [1.54, 1.807) is 19.1 Å². The molecule has 3 N–H and O–H groups in total. The van der Waals surface area contributed by atoms with Crippen molar-refractivity contribution in [3.8, 4) is 0 Å². The average Bonchev–Trinajstić information content (AvgIpc) is 2.88. The van der Waals surface area contributed by atoms with Gasteiger partial charge in [-0.05, 0) is 49.7 Å². The summed E-state index contributed by atoms with van der Waals surface area (Å²) in [5.74, 6) is -0.242. The van der Waals surface area contributed by atoms with Crippen LogP contribution in [0.4, 0.5) is 5.69 Å². The molecule has 2 rings (SSSR count). The molecule has 0 aliphatic carbocycles. The number of amides is 1. The van der Waals surface area contributed by atoms with Gasteiger partial charge in [-0.15, -0.1) is 0 Å². The molecule has 6 nitrogen and oxygen atoms in total. The summed E-state index contributed by atoms with van der Waals surface area (Å²) in [6.45, 7) is 4.35. The first kappa shape index (κ1) is 15.3. The molecule has 0 atom stereocenters. The molecule has 21 heavy (non-hydrogen) atoms. The zero-order valence-electron chi connectivity index (χ0n) is 11.8. The van der Waals surface area contributed by atoms with E-state index in [1.165, 1.54) is 18.2 Å². The van der Waals surface area contributed by atoms with Crippen LogP contribution in [0, 0.1) is 6.92 Å². The molecule has 0 saturated heterocycles. The van der Waals surface area contributed by atoms with Crippen molar-refractivity contribution in [2.24, 2.45) is 5.14 Å². The monoisotopic (exact) mass is 307 g/mol. The molecule has 0 spiro atoms. The van der Waals surface area contributed by atoms with Crippen LogP contribution in [0.25, 0.3) is 0 Å². The number of aryl methyl sites for hydroxylation is 2. The van der Waals surface area contributed by atoms with Crippen LogP contribution in [0.1, 0.15) is 23.0 Å². The number of nitrogens with one attached hydrogen (secondary N) is 1. The van der Waals surface area contributed by atoms with Gasteiger partial charge in [0.25, 0.3) is 5.91 Å². The van der Waals surface area contributed by atoms with E-state index in [4.69, 9.17) is 5.14 Å². The Kier molecular flexibility index (Phi) is 4.15. The highest BCUT2D eigenvalue weighted by Gasteiger charge is 2.13. The maximum absolute atomic E-state index is 12.2. The predicted molar refractivity (Wildman–Crippen MR) is 80.6 cm³/mol. The Morgan fingerprint density at radius 2 is 2.05 bits per heavy atom. The van der Waals surface area contributed by atoms with Crippen LogP contribution >= 0.6 is 0 Å². The first-order valence-electron chi connectivity index (χ1n) is 6.43. The molecular formula is C14H17N3O3S. The highest BCUT2D eigenvalue weighted by atomic mass is 32.2. The first-order chi connectivity index (χ1) is 9.82. The lowest BCUT2D eigenvalue weighted by atomic mass is 10.2. The van der Waals surface area contributed by atoms with Gasteiger partial charge in [0.15, 0.2) is 0 Å². The summed E-state index contributed by atoms with van der Waals surface area (Å²) in [5.41, 5.74) is 1.73. The molecule has 0 aliphatic rings. The minimum absolute atomic E-state index is 0.0231. The van der Waals surface area contributed by atoms with E-state index in [-0.39, 0.29) is 10.8 Å². The summed E-state index contributed by atoms with van der Waals surface area (Å²) < 4.78 is 24.4. The number of rotatable bonds is 4. The Labute approximate surface area is 123 Å². The third kappa shape index (κ3) is 3.32. The molecule has 112 valence electrons. The summed E-state index contributed by atoms with van der Waals surface area (Å²) >= 11 is 0. The SMILES string of the molecule is CCn1cccc1C(=O)Nc1ccc(S(N)(=O)=O)cc1C. The molecule has 2 aromatic rings. The topological polar surface area (TPSA) is 94.2 Å². The third-order valence-corrected chi connectivity index (χ3v) is 4.09. The summed E-state index contributed by atoms with van der Waals surface area (Å²) in [4.78, 5) is 12.2. The van der Waals surface area contributed by atoms with Gasteiger partial charge >= 0.3 is 0 Å². The minimum atomic E-state index is -3.74. The van der Waals surface area contributed by atoms with Crippen molar-refractivity contribution in [2.75, 3.05) is 5.32 Å². The standard InChI is InChI=1S/C14H17N3O3S/c1-3-17-8-4-5-13(17)14(18)16-12-7-6-11(9-10(12)2)21(15,19)20/h4-9H,3H2,1-2H3,(H,16,18)(H2,15,19,20). The predicted octanol–water partition coefficient (Wildman–Crippen LogP) is 1.72. The molecular weight excluding hydrogens is 290 g/mol. The summed E-state index contributed by atoms with van der Waals surface area (Å²) in [6.07, 6.45) is 1.83. The minimum Gasteiger partial charge on any atom is -0.344 e. The zero-order valence-corrected chi connectivity index (χ0v) is 12.6. The van der Waals surface area contributed by atoms with Gasteiger partial charge in [0.05, 0.1) is 4.90 Å². The number of carbonyl (C=O) groups is 1. The lowest BCUT2D eigenvalue weighted by Gasteiger charge is -2.11. The van der Waals surface area contributed by atoms with Crippen LogP contribution in [0.2, 0.25) is 0 Å².